The van der Waals surface area contributed by atoms with Gasteiger partial charge in [-0.25, -0.2) is 0 Å². The van der Waals surface area contributed by atoms with Crippen LogP contribution in [0.1, 0.15) is 57.7 Å². The van der Waals surface area contributed by atoms with Gasteiger partial charge in [-0.15, -0.1) is 0 Å². The van der Waals surface area contributed by atoms with Gasteiger partial charge in [0.2, 0.25) is 5.91 Å². The van der Waals surface area contributed by atoms with Gasteiger partial charge in [0.15, 0.2) is 0 Å². The lowest BCUT2D eigenvalue weighted by Gasteiger charge is -2.35. The number of rotatable bonds is 5. The Hall–Kier alpha value is -1.36. The Morgan fingerprint density at radius 1 is 1.12 bits per heavy atom. The first-order valence-corrected chi connectivity index (χ1v) is 9.73. The summed E-state index contributed by atoms with van der Waals surface area (Å²) < 4.78 is 2.11. The van der Waals surface area contributed by atoms with Crippen molar-refractivity contribution < 1.29 is 4.79 Å². The van der Waals surface area contributed by atoms with Crippen molar-refractivity contribution in [1.82, 2.24) is 19.6 Å². The Morgan fingerprint density at radius 2 is 1.83 bits per heavy atom. The van der Waals surface area contributed by atoms with Gasteiger partial charge < -0.3 is 4.90 Å². The second-order valence-electron chi connectivity index (χ2n) is 7.38. The highest BCUT2D eigenvalue weighted by atomic mass is 16.2. The van der Waals surface area contributed by atoms with E-state index < -0.39 is 0 Å². The second kappa shape index (κ2) is 8.15. The predicted octanol–water partition coefficient (Wildman–Crippen LogP) is 2.73. The lowest BCUT2D eigenvalue weighted by atomic mass is 9.94. The number of aromatic nitrogens is 2. The van der Waals surface area contributed by atoms with E-state index in [1.165, 1.54) is 19.3 Å². The van der Waals surface area contributed by atoms with E-state index in [2.05, 4.69) is 45.7 Å². The van der Waals surface area contributed by atoms with Crippen LogP contribution in [0.5, 0.6) is 0 Å². The summed E-state index contributed by atoms with van der Waals surface area (Å²) in [4.78, 5) is 17.0. The highest BCUT2D eigenvalue weighted by Gasteiger charge is 2.26. The number of likely N-dealkylation sites (tertiary alicyclic amines) is 2. The van der Waals surface area contributed by atoms with Crippen LogP contribution in [0.4, 0.5) is 0 Å². The van der Waals surface area contributed by atoms with Gasteiger partial charge in [0.25, 0.3) is 0 Å². The molecule has 5 heteroatoms. The molecule has 134 valence electrons. The SMILES string of the molecule is CCc1ccn(C2CCN(C(=O)CN3CCC(CC)CC3)CC2)n1. The molecular formula is C19H32N4O. The fourth-order valence-corrected chi connectivity index (χ4v) is 3.99. The largest absolute Gasteiger partial charge is 0.341 e. The predicted molar refractivity (Wildman–Crippen MR) is 95.9 cm³/mol. The van der Waals surface area contributed by atoms with Crippen LogP contribution in [0.3, 0.4) is 0 Å². The highest BCUT2D eigenvalue weighted by molar-refractivity contribution is 5.78. The average molecular weight is 332 g/mol. The van der Waals surface area contributed by atoms with E-state index >= 15 is 0 Å². The van der Waals surface area contributed by atoms with Crippen molar-refractivity contribution in [2.24, 2.45) is 5.92 Å². The molecular weight excluding hydrogens is 300 g/mol. The van der Waals surface area contributed by atoms with Gasteiger partial charge in [-0.05, 0) is 57.2 Å². The number of hydrogen-bond donors (Lipinski definition) is 0. The molecule has 1 aromatic heterocycles. The minimum atomic E-state index is 0.318. The molecule has 0 spiro atoms. The zero-order chi connectivity index (χ0) is 16.9. The normalized spacial score (nSPS) is 21.3. The van der Waals surface area contributed by atoms with Gasteiger partial charge >= 0.3 is 0 Å². The van der Waals surface area contributed by atoms with Crippen LogP contribution in [-0.2, 0) is 11.2 Å². The molecule has 2 aliphatic rings. The molecule has 0 N–H and O–H groups in total. The lowest BCUT2D eigenvalue weighted by Crippen LogP contribution is -2.46. The maximum absolute atomic E-state index is 12.6. The summed E-state index contributed by atoms with van der Waals surface area (Å²) in [7, 11) is 0. The van der Waals surface area contributed by atoms with E-state index in [0.717, 1.165) is 57.1 Å². The van der Waals surface area contributed by atoms with Crippen LogP contribution in [0.2, 0.25) is 0 Å². The molecule has 0 saturated carbocycles. The maximum atomic E-state index is 12.6. The first-order valence-electron chi connectivity index (χ1n) is 9.73. The monoisotopic (exact) mass is 332 g/mol. The summed E-state index contributed by atoms with van der Waals surface area (Å²) in [5, 5.41) is 4.64. The first kappa shape index (κ1) is 17.5. The molecule has 3 rings (SSSR count). The Labute approximate surface area is 146 Å². The highest BCUT2D eigenvalue weighted by Crippen LogP contribution is 2.23. The minimum absolute atomic E-state index is 0.318. The van der Waals surface area contributed by atoms with Crippen molar-refractivity contribution in [2.45, 2.75) is 58.4 Å². The zero-order valence-corrected chi connectivity index (χ0v) is 15.3. The number of amides is 1. The van der Waals surface area contributed by atoms with Gasteiger partial charge in [0.1, 0.15) is 0 Å². The van der Waals surface area contributed by atoms with Crippen molar-refractivity contribution >= 4 is 5.91 Å². The molecule has 24 heavy (non-hydrogen) atoms. The minimum Gasteiger partial charge on any atom is -0.341 e. The Kier molecular flexibility index (Phi) is 5.93. The van der Waals surface area contributed by atoms with E-state index in [-0.39, 0.29) is 0 Å². The van der Waals surface area contributed by atoms with E-state index in [9.17, 15) is 4.79 Å². The third-order valence-electron chi connectivity index (χ3n) is 5.86. The van der Waals surface area contributed by atoms with E-state index in [1.54, 1.807) is 0 Å². The number of hydrogen-bond acceptors (Lipinski definition) is 3. The quantitative estimate of drug-likeness (QED) is 0.832. The van der Waals surface area contributed by atoms with E-state index in [0.29, 0.717) is 18.5 Å². The van der Waals surface area contributed by atoms with Crippen molar-refractivity contribution in [2.75, 3.05) is 32.7 Å². The summed E-state index contributed by atoms with van der Waals surface area (Å²) in [6, 6.07) is 2.56. The third kappa shape index (κ3) is 4.18. The number of piperidine rings is 2. The van der Waals surface area contributed by atoms with Gasteiger partial charge in [0.05, 0.1) is 18.3 Å². The summed E-state index contributed by atoms with van der Waals surface area (Å²) in [6.07, 6.45) is 8.92. The number of aryl methyl sites for hydroxylation is 1. The van der Waals surface area contributed by atoms with E-state index in [1.807, 2.05) is 0 Å². The van der Waals surface area contributed by atoms with Gasteiger partial charge in [-0.1, -0.05) is 20.3 Å². The van der Waals surface area contributed by atoms with Crippen molar-refractivity contribution in [3.63, 3.8) is 0 Å². The fourth-order valence-electron chi connectivity index (χ4n) is 3.99. The maximum Gasteiger partial charge on any atom is 0.236 e. The van der Waals surface area contributed by atoms with Gasteiger partial charge in [0, 0.05) is 19.3 Å². The molecule has 0 bridgehead atoms. The molecule has 0 unspecified atom stereocenters. The summed E-state index contributed by atoms with van der Waals surface area (Å²) in [5.41, 5.74) is 1.16. The molecule has 5 nitrogen and oxygen atoms in total. The Balaban J connectivity index is 1.43. The summed E-state index contributed by atoms with van der Waals surface area (Å²) in [5.74, 6) is 1.19. The van der Waals surface area contributed by atoms with Crippen LogP contribution < -0.4 is 0 Å². The third-order valence-corrected chi connectivity index (χ3v) is 5.86. The van der Waals surface area contributed by atoms with Crippen LogP contribution in [0, 0.1) is 5.92 Å². The summed E-state index contributed by atoms with van der Waals surface area (Å²) in [6.45, 7) is 8.95. The number of carbonyl (C=O) groups is 1. The molecule has 2 aliphatic heterocycles. The second-order valence-corrected chi connectivity index (χ2v) is 7.38. The molecule has 2 fully saturated rings. The molecule has 2 saturated heterocycles. The van der Waals surface area contributed by atoms with Gasteiger partial charge in [-0.3, -0.25) is 14.4 Å². The Bertz CT molecular complexity index is 525. The standard InChI is InChI=1S/C19H32N4O/c1-3-16-5-10-21(11-6-16)15-19(24)22-12-8-18(9-13-22)23-14-7-17(4-2)20-23/h7,14,16,18H,3-6,8-13,15H2,1-2H3. The Morgan fingerprint density at radius 3 is 2.42 bits per heavy atom. The molecule has 0 aromatic carbocycles. The van der Waals surface area contributed by atoms with Crippen LogP contribution >= 0.6 is 0 Å². The molecule has 1 amide bonds. The average Bonchev–Trinajstić information content (AvgIpc) is 3.11. The van der Waals surface area contributed by atoms with E-state index in [4.69, 9.17) is 0 Å². The zero-order valence-electron chi connectivity index (χ0n) is 15.3. The van der Waals surface area contributed by atoms with Crippen molar-refractivity contribution in [3.05, 3.63) is 18.0 Å². The molecule has 1 aromatic rings. The summed E-state index contributed by atoms with van der Waals surface area (Å²) >= 11 is 0. The number of nitrogens with zero attached hydrogens (tertiary/aromatic N) is 4. The van der Waals surface area contributed by atoms with Crippen LogP contribution in [-0.4, -0.2) is 58.2 Å². The lowest BCUT2D eigenvalue weighted by molar-refractivity contribution is -0.134. The molecule has 0 atom stereocenters. The molecule has 0 radical (unpaired) electrons. The molecule has 0 aliphatic carbocycles. The number of carbonyl (C=O) groups excluding carboxylic acids is 1. The first-order chi connectivity index (χ1) is 11.7. The van der Waals surface area contributed by atoms with Crippen molar-refractivity contribution in [1.29, 1.82) is 0 Å². The topological polar surface area (TPSA) is 41.4 Å². The van der Waals surface area contributed by atoms with Gasteiger partial charge in [-0.2, -0.15) is 5.10 Å². The van der Waals surface area contributed by atoms with Crippen LogP contribution in [0.25, 0.3) is 0 Å². The van der Waals surface area contributed by atoms with Crippen molar-refractivity contribution in [3.8, 4) is 0 Å². The smallest absolute Gasteiger partial charge is 0.236 e. The fraction of sp³-hybridized carbons (Fsp3) is 0.789. The molecule has 3 heterocycles. The van der Waals surface area contributed by atoms with Crippen LogP contribution in [0.15, 0.2) is 12.3 Å².